The summed E-state index contributed by atoms with van der Waals surface area (Å²) in [5.74, 6) is 1.22. The van der Waals surface area contributed by atoms with E-state index in [4.69, 9.17) is 14.2 Å². The standard InChI is InChI=1S/C20H20N2O4/c1-12(7-14-10-22-16-5-6-21-11-15(14)16)19(23)13-8-17(24-2)20(26-4)18(9-13)25-3/h5-11,22H,1-4H3/b12-7+. The van der Waals surface area contributed by atoms with E-state index >= 15 is 0 Å². The molecule has 0 aliphatic heterocycles. The molecule has 1 N–H and O–H groups in total. The van der Waals surface area contributed by atoms with Crippen molar-refractivity contribution >= 4 is 22.8 Å². The van der Waals surface area contributed by atoms with Crippen molar-refractivity contribution in [2.75, 3.05) is 21.3 Å². The summed E-state index contributed by atoms with van der Waals surface area (Å²) in [7, 11) is 4.57. The van der Waals surface area contributed by atoms with Crippen LogP contribution in [0, 0.1) is 0 Å². The van der Waals surface area contributed by atoms with E-state index in [2.05, 4.69) is 9.97 Å². The third-order valence-corrected chi connectivity index (χ3v) is 4.17. The Morgan fingerprint density at radius 2 is 1.81 bits per heavy atom. The molecule has 0 unspecified atom stereocenters. The van der Waals surface area contributed by atoms with Crippen LogP contribution in [0.2, 0.25) is 0 Å². The Morgan fingerprint density at radius 3 is 2.42 bits per heavy atom. The Hall–Kier alpha value is -3.28. The fourth-order valence-electron chi connectivity index (χ4n) is 2.84. The minimum Gasteiger partial charge on any atom is -0.493 e. The number of ether oxygens (including phenoxy) is 3. The third-order valence-electron chi connectivity index (χ3n) is 4.17. The summed E-state index contributed by atoms with van der Waals surface area (Å²) in [6.45, 7) is 1.78. The molecule has 0 bridgehead atoms. The van der Waals surface area contributed by atoms with Crippen molar-refractivity contribution in [1.82, 2.24) is 9.97 Å². The molecule has 2 aromatic heterocycles. The van der Waals surface area contributed by atoms with Crippen LogP contribution in [-0.4, -0.2) is 37.1 Å². The van der Waals surface area contributed by atoms with Crippen LogP contribution in [-0.2, 0) is 0 Å². The second-order valence-corrected chi connectivity index (χ2v) is 5.74. The minimum absolute atomic E-state index is 0.123. The topological polar surface area (TPSA) is 73.4 Å². The zero-order valence-electron chi connectivity index (χ0n) is 15.1. The highest BCUT2D eigenvalue weighted by molar-refractivity contribution is 6.12. The summed E-state index contributed by atoms with van der Waals surface area (Å²) in [4.78, 5) is 20.2. The highest BCUT2D eigenvalue weighted by Crippen LogP contribution is 2.38. The van der Waals surface area contributed by atoms with Gasteiger partial charge in [-0.1, -0.05) is 0 Å². The molecule has 3 aromatic rings. The Labute approximate surface area is 151 Å². The van der Waals surface area contributed by atoms with E-state index in [0.717, 1.165) is 16.5 Å². The van der Waals surface area contributed by atoms with Crippen molar-refractivity contribution in [3.8, 4) is 17.2 Å². The van der Waals surface area contributed by atoms with E-state index in [9.17, 15) is 4.79 Å². The largest absolute Gasteiger partial charge is 0.493 e. The van der Waals surface area contributed by atoms with Crippen molar-refractivity contribution in [3.63, 3.8) is 0 Å². The number of aromatic amines is 1. The van der Waals surface area contributed by atoms with Gasteiger partial charge in [0, 0.05) is 40.6 Å². The molecule has 3 rings (SSSR count). The summed E-state index contributed by atoms with van der Waals surface area (Å²) in [6.07, 6.45) is 7.19. The fourth-order valence-corrected chi connectivity index (χ4v) is 2.84. The number of hydrogen-bond acceptors (Lipinski definition) is 5. The molecule has 6 heteroatoms. The first kappa shape index (κ1) is 17.5. The van der Waals surface area contributed by atoms with Gasteiger partial charge in [0.05, 0.1) is 21.3 Å². The first-order valence-corrected chi connectivity index (χ1v) is 8.03. The number of H-pyrrole nitrogens is 1. The number of rotatable bonds is 6. The van der Waals surface area contributed by atoms with Crippen molar-refractivity contribution in [1.29, 1.82) is 0 Å². The predicted octanol–water partition coefficient (Wildman–Crippen LogP) is 3.87. The zero-order valence-corrected chi connectivity index (χ0v) is 15.1. The number of aromatic nitrogens is 2. The molecule has 1 aromatic carbocycles. The number of nitrogens with zero attached hydrogens (tertiary/aromatic N) is 1. The summed E-state index contributed by atoms with van der Waals surface area (Å²) in [5.41, 5.74) is 2.93. The van der Waals surface area contributed by atoms with E-state index in [1.54, 1.807) is 31.5 Å². The molecule has 0 aliphatic carbocycles. The van der Waals surface area contributed by atoms with Crippen molar-refractivity contribution in [3.05, 3.63) is 53.5 Å². The second-order valence-electron chi connectivity index (χ2n) is 5.74. The number of nitrogens with one attached hydrogen (secondary N) is 1. The smallest absolute Gasteiger partial charge is 0.203 e. The molecule has 0 fully saturated rings. The summed E-state index contributed by atoms with van der Waals surface area (Å²) in [5, 5.41) is 0.963. The molecule has 134 valence electrons. The average Bonchev–Trinajstić information content (AvgIpc) is 3.09. The summed E-state index contributed by atoms with van der Waals surface area (Å²) >= 11 is 0. The number of benzene rings is 1. The van der Waals surface area contributed by atoms with Gasteiger partial charge in [0.15, 0.2) is 17.3 Å². The number of methoxy groups -OCH3 is 3. The SMILES string of the molecule is COc1cc(C(=O)/C(C)=C/c2c[nH]c3ccncc23)cc(OC)c1OC. The molecule has 26 heavy (non-hydrogen) atoms. The van der Waals surface area contributed by atoms with Gasteiger partial charge in [-0.25, -0.2) is 0 Å². The van der Waals surface area contributed by atoms with Crippen molar-refractivity contribution in [2.24, 2.45) is 0 Å². The van der Waals surface area contributed by atoms with Gasteiger partial charge >= 0.3 is 0 Å². The molecule has 0 amide bonds. The maximum Gasteiger partial charge on any atom is 0.203 e. The van der Waals surface area contributed by atoms with E-state index < -0.39 is 0 Å². The Balaban J connectivity index is 2.00. The maximum absolute atomic E-state index is 12.9. The highest BCUT2D eigenvalue weighted by atomic mass is 16.5. The van der Waals surface area contributed by atoms with Crippen LogP contribution in [0.3, 0.4) is 0 Å². The van der Waals surface area contributed by atoms with E-state index in [1.165, 1.54) is 21.3 Å². The quantitative estimate of drug-likeness (QED) is 0.538. The Morgan fingerprint density at radius 1 is 1.12 bits per heavy atom. The van der Waals surface area contributed by atoms with Crippen LogP contribution in [0.25, 0.3) is 17.0 Å². The predicted molar refractivity (Wildman–Crippen MR) is 100 cm³/mol. The molecular weight excluding hydrogens is 332 g/mol. The lowest BCUT2D eigenvalue weighted by atomic mass is 10.0. The normalized spacial score (nSPS) is 11.5. The lowest BCUT2D eigenvalue weighted by Crippen LogP contribution is -2.03. The van der Waals surface area contributed by atoms with Gasteiger partial charge in [0.25, 0.3) is 0 Å². The molecule has 0 radical (unpaired) electrons. The minimum atomic E-state index is -0.123. The number of carbonyl (C=O) groups excluding carboxylic acids is 1. The van der Waals surface area contributed by atoms with E-state index in [1.807, 2.05) is 18.3 Å². The van der Waals surface area contributed by atoms with Gasteiger partial charge in [0.2, 0.25) is 5.75 Å². The number of pyridine rings is 1. The van der Waals surface area contributed by atoms with Gasteiger partial charge < -0.3 is 19.2 Å². The number of Topliss-reactive ketones (excluding diaryl/α,β-unsaturated/α-hetero) is 1. The molecule has 0 saturated carbocycles. The molecule has 6 nitrogen and oxygen atoms in total. The fraction of sp³-hybridized carbons (Fsp3) is 0.200. The van der Waals surface area contributed by atoms with Gasteiger partial charge in [-0.2, -0.15) is 0 Å². The van der Waals surface area contributed by atoms with Crippen LogP contribution in [0.1, 0.15) is 22.8 Å². The van der Waals surface area contributed by atoms with Crippen LogP contribution in [0.15, 0.2) is 42.4 Å². The van der Waals surface area contributed by atoms with Crippen LogP contribution in [0.5, 0.6) is 17.2 Å². The van der Waals surface area contributed by atoms with Crippen molar-refractivity contribution < 1.29 is 19.0 Å². The van der Waals surface area contributed by atoms with Crippen molar-refractivity contribution in [2.45, 2.75) is 6.92 Å². The Bertz CT molecular complexity index is 963. The molecular formula is C20H20N2O4. The lowest BCUT2D eigenvalue weighted by molar-refractivity contribution is 0.103. The monoisotopic (exact) mass is 352 g/mol. The molecule has 0 spiro atoms. The lowest BCUT2D eigenvalue weighted by Gasteiger charge is -2.13. The van der Waals surface area contributed by atoms with E-state index in [0.29, 0.717) is 28.4 Å². The average molecular weight is 352 g/mol. The number of hydrogen-bond donors (Lipinski definition) is 1. The van der Waals surface area contributed by atoms with Gasteiger partial charge in [-0.05, 0) is 36.8 Å². The van der Waals surface area contributed by atoms with Crippen LogP contribution < -0.4 is 14.2 Å². The highest BCUT2D eigenvalue weighted by Gasteiger charge is 2.18. The van der Waals surface area contributed by atoms with Gasteiger partial charge in [-0.15, -0.1) is 0 Å². The van der Waals surface area contributed by atoms with Crippen LogP contribution >= 0.6 is 0 Å². The Kier molecular flexibility index (Phi) is 4.93. The number of ketones is 1. The maximum atomic E-state index is 12.9. The first-order chi connectivity index (χ1) is 12.6. The molecule has 0 atom stereocenters. The molecule has 0 saturated heterocycles. The van der Waals surface area contributed by atoms with Crippen LogP contribution in [0.4, 0.5) is 0 Å². The summed E-state index contributed by atoms with van der Waals surface area (Å²) in [6, 6.07) is 5.19. The summed E-state index contributed by atoms with van der Waals surface area (Å²) < 4.78 is 15.9. The molecule has 2 heterocycles. The zero-order chi connectivity index (χ0) is 18.7. The second kappa shape index (κ2) is 7.31. The van der Waals surface area contributed by atoms with Gasteiger partial charge in [0.1, 0.15) is 0 Å². The molecule has 0 aliphatic rings. The van der Waals surface area contributed by atoms with Gasteiger partial charge in [-0.3, -0.25) is 9.78 Å². The number of carbonyl (C=O) groups is 1. The van der Waals surface area contributed by atoms with E-state index in [-0.39, 0.29) is 5.78 Å². The number of allylic oxidation sites excluding steroid dienone is 1. The number of fused-ring (bicyclic) bond motifs is 1. The third kappa shape index (κ3) is 3.13. The first-order valence-electron chi connectivity index (χ1n) is 8.03.